The summed E-state index contributed by atoms with van der Waals surface area (Å²) in [6.07, 6.45) is 4.40. The van der Waals surface area contributed by atoms with E-state index in [1.807, 2.05) is 47.4 Å². The Hall–Kier alpha value is -2.54. The van der Waals surface area contributed by atoms with Crippen LogP contribution in [0.25, 0.3) is 0 Å². The van der Waals surface area contributed by atoms with Crippen molar-refractivity contribution in [2.75, 3.05) is 41.7 Å². The number of halogens is 1. The molecule has 0 aliphatic carbocycles. The first-order chi connectivity index (χ1) is 14.1. The lowest BCUT2D eigenvalue weighted by molar-refractivity contribution is 0.0793. The Morgan fingerprint density at radius 3 is 2.07 bits per heavy atom. The average Bonchev–Trinajstić information content (AvgIpc) is 3.43. The van der Waals surface area contributed by atoms with E-state index in [1.165, 1.54) is 0 Å². The second-order valence-electron chi connectivity index (χ2n) is 7.51. The van der Waals surface area contributed by atoms with E-state index in [1.54, 1.807) is 0 Å². The summed E-state index contributed by atoms with van der Waals surface area (Å²) in [5, 5.41) is 5.67. The van der Waals surface area contributed by atoms with Gasteiger partial charge in [-0.05, 0) is 68.1 Å². The van der Waals surface area contributed by atoms with Crippen molar-refractivity contribution in [1.82, 2.24) is 4.90 Å². The summed E-state index contributed by atoms with van der Waals surface area (Å²) in [6.45, 7) is 3.55. The molecule has 0 saturated carbocycles. The summed E-state index contributed by atoms with van der Waals surface area (Å²) in [5.41, 5.74) is 2.96. The zero-order chi connectivity index (χ0) is 20.2. The van der Waals surface area contributed by atoms with E-state index < -0.39 is 0 Å². The molecule has 2 aromatic carbocycles. The zero-order valence-corrected chi connectivity index (χ0v) is 17.9. The second kappa shape index (κ2) is 8.86. The van der Waals surface area contributed by atoms with Crippen molar-refractivity contribution in [2.45, 2.75) is 25.7 Å². The lowest BCUT2D eigenvalue weighted by atomic mass is 10.1. The molecule has 2 saturated heterocycles. The van der Waals surface area contributed by atoms with Gasteiger partial charge in [-0.25, -0.2) is 4.79 Å². The zero-order valence-electron chi connectivity index (χ0n) is 16.3. The molecule has 2 N–H and O–H groups in total. The molecule has 0 atom stereocenters. The second-order valence-corrected chi connectivity index (χ2v) is 8.43. The van der Waals surface area contributed by atoms with Crippen molar-refractivity contribution in [3.63, 3.8) is 0 Å². The molecule has 0 spiro atoms. The number of anilines is 3. The molecule has 0 unspecified atom stereocenters. The Balaban J connectivity index is 1.53. The SMILES string of the molecule is O=C(Nc1ccc(Br)cc1)Nc1ccc(N2CCCC2)c(C(=O)N2CCCC2)c1. The molecule has 0 radical (unpaired) electrons. The number of nitrogens with zero attached hydrogens (tertiary/aromatic N) is 2. The van der Waals surface area contributed by atoms with E-state index in [2.05, 4.69) is 31.5 Å². The van der Waals surface area contributed by atoms with Gasteiger partial charge in [0.15, 0.2) is 0 Å². The lowest BCUT2D eigenvalue weighted by Gasteiger charge is -2.24. The number of hydrogen-bond donors (Lipinski definition) is 2. The van der Waals surface area contributed by atoms with Gasteiger partial charge in [0.1, 0.15) is 0 Å². The third kappa shape index (κ3) is 4.72. The van der Waals surface area contributed by atoms with Crippen LogP contribution in [-0.4, -0.2) is 43.0 Å². The smallest absolute Gasteiger partial charge is 0.323 e. The Kier molecular flexibility index (Phi) is 6.04. The molecule has 2 aliphatic rings. The highest BCUT2D eigenvalue weighted by Gasteiger charge is 2.25. The van der Waals surface area contributed by atoms with E-state index in [0.717, 1.165) is 62.0 Å². The number of urea groups is 1. The van der Waals surface area contributed by atoms with Crippen LogP contribution in [0.2, 0.25) is 0 Å². The van der Waals surface area contributed by atoms with E-state index in [-0.39, 0.29) is 11.9 Å². The first-order valence-electron chi connectivity index (χ1n) is 10.1. The van der Waals surface area contributed by atoms with Crippen molar-refractivity contribution >= 4 is 44.9 Å². The monoisotopic (exact) mass is 456 g/mol. The number of amides is 3. The van der Waals surface area contributed by atoms with Gasteiger partial charge in [-0.1, -0.05) is 15.9 Å². The Morgan fingerprint density at radius 2 is 1.38 bits per heavy atom. The van der Waals surface area contributed by atoms with Crippen molar-refractivity contribution in [3.8, 4) is 0 Å². The maximum absolute atomic E-state index is 13.2. The number of nitrogens with one attached hydrogen (secondary N) is 2. The first kappa shape index (κ1) is 19.8. The minimum absolute atomic E-state index is 0.0568. The third-order valence-corrected chi connectivity index (χ3v) is 5.96. The van der Waals surface area contributed by atoms with Gasteiger partial charge in [-0.2, -0.15) is 0 Å². The Labute approximate surface area is 179 Å². The van der Waals surface area contributed by atoms with Crippen LogP contribution in [-0.2, 0) is 0 Å². The molecule has 6 nitrogen and oxygen atoms in total. The summed E-state index contributed by atoms with van der Waals surface area (Å²) in [4.78, 5) is 29.7. The molecular weight excluding hydrogens is 432 g/mol. The van der Waals surface area contributed by atoms with Crippen LogP contribution in [0.3, 0.4) is 0 Å². The summed E-state index contributed by atoms with van der Waals surface area (Å²) < 4.78 is 0.950. The molecule has 2 heterocycles. The molecular formula is C22H25BrN4O2. The van der Waals surface area contributed by atoms with Crippen LogP contribution in [0.4, 0.5) is 21.9 Å². The summed E-state index contributed by atoms with van der Waals surface area (Å²) in [6, 6.07) is 12.7. The molecule has 3 amide bonds. The van der Waals surface area contributed by atoms with Crippen molar-refractivity contribution in [3.05, 3.63) is 52.5 Å². The fourth-order valence-corrected chi connectivity index (χ4v) is 4.20. The summed E-state index contributed by atoms with van der Waals surface area (Å²) >= 11 is 3.38. The van der Waals surface area contributed by atoms with Gasteiger partial charge in [0.2, 0.25) is 0 Å². The number of hydrogen-bond acceptors (Lipinski definition) is 3. The van der Waals surface area contributed by atoms with Gasteiger partial charge >= 0.3 is 6.03 Å². The third-order valence-electron chi connectivity index (χ3n) is 5.43. The Bertz CT molecular complexity index is 888. The van der Waals surface area contributed by atoms with Gasteiger partial charge in [-0.15, -0.1) is 0 Å². The van der Waals surface area contributed by atoms with E-state index in [0.29, 0.717) is 16.9 Å². The number of benzene rings is 2. The lowest BCUT2D eigenvalue weighted by Crippen LogP contribution is -2.30. The van der Waals surface area contributed by atoms with E-state index >= 15 is 0 Å². The quantitative estimate of drug-likeness (QED) is 0.685. The van der Waals surface area contributed by atoms with Gasteiger partial charge in [-0.3, -0.25) is 4.79 Å². The van der Waals surface area contributed by atoms with Crippen molar-refractivity contribution in [1.29, 1.82) is 0 Å². The average molecular weight is 457 g/mol. The summed E-state index contributed by atoms with van der Waals surface area (Å²) in [7, 11) is 0. The molecule has 2 aliphatic heterocycles. The highest BCUT2D eigenvalue weighted by molar-refractivity contribution is 9.10. The largest absolute Gasteiger partial charge is 0.371 e. The normalized spacial score (nSPS) is 16.2. The molecule has 0 aromatic heterocycles. The Morgan fingerprint density at radius 1 is 0.793 bits per heavy atom. The molecule has 2 fully saturated rings. The molecule has 4 rings (SSSR count). The van der Waals surface area contributed by atoms with Crippen LogP contribution in [0.5, 0.6) is 0 Å². The maximum Gasteiger partial charge on any atom is 0.323 e. The van der Waals surface area contributed by atoms with Crippen molar-refractivity contribution < 1.29 is 9.59 Å². The van der Waals surface area contributed by atoms with Crippen LogP contribution >= 0.6 is 15.9 Å². The predicted octanol–water partition coefficient (Wildman–Crippen LogP) is 4.93. The van der Waals surface area contributed by atoms with Gasteiger partial charge < -0.3 is 20.4 Å². The maximum atomic E-state index is 13.2. The van der Waals surface area contributed by atoms with E-state index in [9.17, 15) is 9.59 Å². The topological polar surface area (TPSA) is 64.7 Å². The molecule has 29 heavy (non-hydrogen) atoms. The number of likely N-dealkylation sites (tertiary alicyclic amines) is 1. The van der Waals surface area contributed by atoms with Gasteiger partial charge in [0, 0.05) is 47.7 Å². The summed E-state index contributed by atoms with van der Waals surface area (Å²) in [5.74, 6) is 0.0568. The predicted molar refractivity (Wildman–Crippen MR) is 120 cm³/mol. The number of carbonyl (C=O) groups is 2. The fraction of sp³-hybridized carbons (Fsp3) is 0.364. The highest BCUT2D eigenvalue weighted by Crippen LogP contribution is 2.29. The van der Waals surface area contributed by atoms with Gasteiger partial charge in [0.05, 0.1) is 5.56 Å². The minimum atomic E-state index is -0.333. The first-order valence-corrected chi connectivity index (χ1v) is 10.9. The van der Waals surface area contributed by atoms with Crippen LogP contribution < -0.4 is 15.5 Å². The molecule has 152 valence electrons. The molecule has 0 bridgehead atoms. The minimum Gasteiger partial charge on any atom is -0.371 e. The van der Waals surface area contributed by atoms with Crippen LogP contribution in [0, 0.1) is 0 Å². The van der Waals surface area contributed by atoms with Crippen LogP contribution in [0.1, 0.15) is 36.0 Å². The molecule has 2 aromatic rings. The van der Waals surface area contributed by atoms with Gasteiger partial charge in [0.25, 0.3) is 5.91 Å². The van der Waals surface area contributed by atoms with E-state index in [4.69, 9.17) is 0 Å². The fourth-order valence-electron chi connectivity index (χ4n) is 3.94. The number of carbonyl (C=O) groups excluding carboxylic acids is 2. The number of rotatable bonds is 4. The molecule has 7 heteroatoms. The van der Waals surface area contributed by atoms with Crippen molar-refractivity contribution in [2.24, 2.45) is 0 Å². The van der Waals surface area contributed by atoms with Crippen LogP contribution in [0.15, 0.2) is 46.9 Å². The standard InChI is InChI=1S/C22H25BrN4O2/c23-16-5-7-17(8-6-16)24-22(29)25-18-9-10-20(26-11-1-2-12-26)19(15-18)21(28)27-13-3-4-14-27/h5-10,15H,1-4,11-14H2,(H2,24,25,29). The highest BCUT2D eigenvalue weighted by atomic mass is 79.9.